The van der Waals surface area contributed by atoms with Gasteiger partial charge in [0.15, 0.2) is 0 Å². The molecule has 1 unspecified atom stereocenters. The minimum absolute atomic E-state index is 0.180. The third-order valence-electron chi connectivity index (χ3n) is 5.16. The Hall–Kier alpha value is -2.93. The lowest BCUT2D eigenvalue weighted by Crippen LogP contribution is -2.41. The topological polar surface area (TPSA) is 95.8 Å². The third-order valence-corrected chi connectivity index (χ3v) is 5.16. The van der Waals surface area contributed by atoms with Crippen LogP contribution in [-0.2, 0) is 7.05 Å². The lowest BCUT2D eigenvalue weighted by molar-refractivity contribution is 0.0234. The van der Waals surface area contributed by atoms with Crippen molar-refractivity contribution in [2.75, 3.05) is 0 Å². The van der Waals surface area contributed by atoms with Crippen molar-refractivity contribution in [1.29, 1.82) is 0 Å². The van der Waals surface area contributed by atoms with Gasteiger partial charge < -0.3 is 10.4 Å². The molecule has 0 bridgehead atoms. The summed E-state index contributed by atoms with van der Waals surface area (Å²) < 4.78 is 1.72. The van der Waals surface area contributed by atoms with Crippen molar-refractivity contribution in [1.82, 2.24) is 25.3 Å². The van der Waals surface area contributed by atoms with Crippen LogP contribution in [0.1, 0.15) is 40.5 Å². The fraction of sp³-hybridized carbons (Fsp3) is 0.350. The normalized spacial score (nSPS) is 20.1. The van der Waals surface area contributed by atoms with Crippen LogP contribution in [0.25, 0.3) is 11.3 Å². The second kappa shape index (κ2) is 7.00. The summed E-state index contributed by atoms with van der Waals surface area (Å²) in [6, 6.07) is 9.59. The molecule has 1 aliphatic rings. The van der Waals surface area contributed by atoms with Gasteiger partial charge >= 0.3 is 0 Å². The third kappa shape index (κ3) is 3.64. The van der Waals surface area contributed by atoms with E-state index in [0.29, 0.717) is 18.5 Å². The van der Waals surface area contributed by atoms with Gasteiger partial charge in [0.2, 0.25) is 0 Å². The molecule has 3 N–H and O–H groups in total. The van der Waals surface area contributed by atoms with E-state index < -0.39 is 0 Å². The number of hydrogen-bond donors (Lipinski definition) is 3. The van der Waals surface area contributed by atoms with Crippen molar-refractivity contribution < 1.29 is 9.90 Å². The number of carbonyl (C=O) groups excluding carboxylic acids is 1. The number of aromatic nitrogens is 4. The summed E-state index contributed by atoms with van der Waals surface area (Å²) in [6.45, 7) is 2.03. The molecular weight excluding hydrogens is 342 g/mol. The molecule has 1 atom stereocenters. The van der Waals surface area contributed by atoms with E-state index in [-0.39, 0.29) is 24.0 Å². The van der Waals surface area contributed by atoms with E-state index in [2.05, 4.69) is 20.6 Å². The van der Waals surface area contributed by atoms with Gasteiger partial charge in [-0.25, -0.2) is 0 Å². The summed E-state index contributed by atoms with van der Waals surface area (Å²) in [4.78, 5) is 12.8. The molecule has 140 valence electrons. The van der Waals surface area contributed by atoms with Crippen LogP contribution in [0.3, 0.4) is 0 Å². The number of amides is 1. The minimum Gasteiger partial charge on any atom is -0.393 e. The van der Waals surface area contributed by atoms with E-state index in [1.807, 2.05) is 44.4 Å². The quantitative estimate of drug-likeness (QED) is 0.647. The second-order valence-electron chi connectivity index (χ2n) is 7.32. The number of carbonyl (C=O) groups is 1. The highest BCUT2D eigenvalue weighted by Gasteiger charge is 2.36. The Morgan fingerprint density at radius 2 is 2.07 bits per heavy atom. The van der Waals surface area contributed by atoms with Crippen LogP contribution in [0.15, 0.2) is 42.7 Å². The maximum Gasteiger partial charge on any atom is 0.269 e. The molecule has 1 amide bonds. The largest absolute Gasteiger partial charge is 0.393 e. The zero-order valence-corrected chi connectivity index (χ0v) is 15.4. The van der Waals surface area contributed by atoms with Crippen LogP contribution in [0.5, 0.6) is 0 Å². The summed E-state index contributed by atoms with van der Waals surface area (Å²) in [7, 11) is 1.85. The molecule has 7 heteroatoms. The zero-order valence-electron chi connectivity index (χ0n) is 15.4. The number of nitrogens with zero attached hydrogens (tertiary/aromatic N) is 3. The summed E-state index contributed by atoms with van der Waals surface area (Å²) in [5, 5.41) is 24.1. The number of nitrogens with one attached hydrogen (secondary N) is 2. The minimum atomic E-state index is -0.286. The van der Waals surface area contributed by atoms with Crippen molar-refractivity contribution in [3.63, 3.8) is 0 Å². The molecular formula is C20H23N5O2. The van der Waals surface area contributed by atoms with Gasteiger partial charge in [0.05, 0.1) is 24.0 Å². The first-order valence-corrected chi connectivity index (χ1v) is 9.09. The Morgan fingerprint density at radius 3 is 2.70 bits per heavy atom. The Labute approximate surface area is 157 Å². The Balaban J connectivity index is 1.52. The molecule has 1 saturated carbocycles. The van der Waals surface area contributed by atoms with E-state index >= 15 is 0 Å². The fourth-order valence-corrected chi connectivity index (χ4v) is 3.51. The molecule has 4 rings (SSSR count). The molecule has 0 saturated heterocycles. The monoisotopic (exact) mass is 365 g/mol. The van der Waals surface area contributed by atoms with Crippen molar-refractivity contribution >= 4 is 5.91 Å². The van der Waals surface area contributed by atoms with Gasteiger partial charge in [0, 0.05) is 24.4 Å². The number of rotatable bonds is 5. The fourth-order valence-electron chi connectivity index (χ4n) is 3.51. The highest BCUT2D eigenvalue weighted by Crippen LogP contribution is 2.38. The predicted molar refractivity (Wildman–Crippen MR) is 101 cm³/mol. The van der Waals surface area contributed by atoms with Crippen LogP contribution in [-0.4, -0.2) is 37.1 Å². The van der Waals surface area contributed by atoms with Crippen LogP contribution in [0, 0.1) is 12.8 Å². The van der Waals surface area contributed by atoms with E-state index in [1.165, 1.54) is 5.56 Å². The average Bonchev–Trinajstić information content (AvgIpc) is 3.27. The first-order chi connectivity index (χ1) is 13.0. The van der Waals surface area contributed by atoms with Gasteiger partial charge in [-0.05, 0) is 31.7 Å². The van der Waals surface area contributed by atoms with Crippen molar-refractivity contribution in [2.45, 2.75) is 31.9 Å². The Morgan fingerprint density at radius 1 is 1.33 bits per heavy atom. The van der Waals surface area contributed by atoms with Crippen molar-refractivity contribution in [3.8, 4) is 11.3 Å². The van der Waals surface area contributed by atoms with Gasteiger partial charge in [-0.2, -0.15) is 10.2 Å². The number of aliphatic hydroxyl groups excluding tert-OH is 1. The van der Waals surface area contributed by atoms with Crippen LogP contribution in [0.2, 0.25) is 0 Å². The van der Waals surface area contributed by atoms with E-state index in [1.54, 1.807) is 16.9 Å². The standard InChI is InChI=1S/C20H23N5O2/c1-12-3-5-13(6-4-12)17-9-18(24-23-17)20(27)22-19(14-7-16(26)8-14)15-10-21-25(2)11-15/h3-6,9-11,14,16,19,26H,7-8H2,1-2H3,(H,22,27)(H,23,24). The molecule has 27 heavy (non-hydrogen) atoms. The molecule has 2 heterocycles. The SMILES string of the molecule is Cc1ccc(-c2cc(C(=O)NC(c3cnn(C)c3)C3CC(O)C3)[nH]n2)cc1. The lowest BCUT2D eigenvalue weighted by Gasteiger charge is -2.37. The first-order valence-electron chi connectivity index (χ1n) is 9.09. The molecule has 7 nitrogen and oxygen atoms in total. The number of hydrogen-bond acceptors (Lipinski definition) is 4. The van der Waals surface area contributed by atoms with Crippen LogP contribution < -0.4 is 5.32 Å². The number of H-pyrrole nitrogens is 1. The first kappa shape index (κ1) is 17.5. The molecule has 0 radical (unpaired) electrons. The lowest BCUT2D eigenvalue weighted by atomic mass is 9.75. The summed E-state index contributed by atoms with van der Waals surface area (Å²) >= 11 is 0. The van der Waals surface area contributed by atoms with Crippen molar-refractivity contribution in [3.05, 3.63) is 59.5 Å². The van der Waals surface area contributed by atoms with Gasteiger partial charge in [-0.1, -0.05) is 29.8 Å². The number of aryl methyl sites for hydroxylation is 2. The maximum absolute atomic E-state index is 12.8. The molecule has 0 aliphatic heterocycles. The molecule has 0 spiro atoms. The Bertz CT molecular complexity index is 937. The second-order valence-corrected chi connectivity index (χ2v) is 7.32. The average molecular weight is 365 g/mol. The van der Waals surface area contributed by atoms with E-state index in [9.17, 15) is 9.90 Å². The molecule has 1 aromatic carbocycles. The Kier molecular flexibility index (Phi) is 4.53. The molecule has 1 aliphatic carbocycles. The van der Waals surface area contributed by atoms with E-state index in [4.69, 9.17) is 0 Å². The molecule has 3 aromatic rings. The number of aliphatic hydroxyl groups is 1. The van der Waals surface area contributed by atoms with Gasteiger partial charge in [0.25, 0.3) is 5.91 Å². The maximum atomic E-state index is 12.8. The summed E-state index contributed by atoms with van der Waals surface area (Å²) in [5.41, 5.74) is 4.23. The highest BCUT2D eigenvalue weighted by atomic mass is 16.3. The smallest absolute Gasteiger partial charge is 0.269 e. The highest BCUT2D eigenvalue weighted by molar-refractivity contribution is 5.93. The molecule has 1 fully saturated rings. The van der Waals surface area contributed by atoms with Gasteiger partial charge in [-0.3, -0.25) is 14.6 Å². The summed E-state index contributed by atoms with van der Waals surface area (Å²) in [6.07, 6.45) is 4.74. The van der Waals surface area contributed by atoms with Crippen molar-refractivity contribution in [2.24, 2.45) is 13.0 Å². The molecule has 2 aromatic heterocycles. The van der Waals surface area contributed by atoms with Crippen LogP contribution in [0.4, 0.5) is 0 Å². The van der Waals surface area contributed by atoms with Crippen LogP contribution >= 0.6 is 0 Å². The van der Waals surface area contributed by atoms with Gasteiger partial charge in [0.1, 0.15) is 5.69 Å². The predicted octanol–water partition coefficient (Wildman–Crippen LogP) is 2.36. The number of benzene rings is 1. The zero-order chi connectivity index (χ0) is 19.0. The van der Waals surface area contributed by atoms with E-state index in [0.717, 1.165) is 16.8 Å². The number of aromatic amines is 1. The van der Waals surface area contributed by atoms with Gasteiger partial charge in [-0.15, -0.1) is 0 Å². The summed E-state index contributed by atoms with van der Waals surface area (Å²) in [5.74, 6) is -0.0104.